The minimum absolute atomic E-state index is 0.158. The summed E-state index contributed by atoms with van der Waals surface area (Å²) in [5.41, 5.74) is 2.50. The number of anilines is 1. The van der Waals surface area contributed by atoms with E-state index in [2.05, 4.69) is 0 Å². The highest BCUT2D eigenvalue weighted by molar-refractivity contribution is 6.31. The van der Waals surface area contributed by atoms with E-state index in [1.807, 2.05) is 37.3 Å². The maximum atomic E-state index is 13.2. The predicted molar refractivity (Wildman–Crippen MR) is 122 cm³/mol. The van der Waals surface area contributed by atoms with Crippen LogP contribution in [0.15, 0.2) is 60.7 Å². The largest absolute Gasteiger partial charge is 0.493 e. The van der Waals surface area contributed by atoms with Gasteiger partial charge in [-0.1, -0.05) is 35.3 Å². The van der Waals surface area contributed by atoms with Gasteiger partial charge in [-0.2, -0.15) is 0 Å². The zero-order chi connectivity index (χ0) is 22.1. The highest BCUT2D eigenvalue weighted by Crippen LogP contribution is 2.44. The molecular weight excluding hydrogens is 437 g/mol. The highest BCUT2D eigenvalue weighted by Gasteiger charge is 2.51. The summed E-state index contributed by atoms with van der Waals surface area (Å²) in [5.74, 6) is 1.59. The van der Waals surface area contributed by atoms with Crippen molar-refractivity contribution < 1.29 is 19.0 Å². The topological polar surface area (TPSA) is 48.0 Å². The van der Waals surface area contributed by atoms with Gasteiger partial charge >= 0.3 is 0 Å². The zero-order valence-corrected chi connectivity index (χ0v) is 18.8. The van der Waals surface area contributed by atoms with Crippen molar-refractivity contribution in [3.05, 3.63) is 81.8 Å². The summed E-state index contributed by atoms with van der Waals surface area (Å²) in [6, 6.07) is 17.7. The van der Waals surface area contributed by atoms with Crippen LogP contribution < -0.4 is 19.1 Å². The molecule has 2 atom stereocenters. The summed E-state index contributed by atoms with van der Waals surface area (Å²) in [7, 11) is 3.16. The zero-order valence-electron chi connectivity index (χ0n) is 17.3. The second-order valence-corrected chi connectivity index (χ2v) is 8.04. The van der Waals surface area contributed by atoms with E-state index in [4.69, 9.17) is 37.4 Å². The molecule has 7 heteroatoms. The van der Waals surface area contributed by atoms with Crippen molar-refractivity contribution >= 4 is 34.8 Å². The number of methoxy groups -OCH3 is 2. The number of aryl methyl sites for hydroxylation is 1. The van der Waals surface area contributed by atoms with Crippen LogP contribution in [0, 0.1) is 6.92 Å². The number of ether oxygens (including phenoxy) is 3. The van der Waals surface area contributed by atoms with Crippen LogP contribution in [-0.2, 0) is 4.79 Å². The first-order valence-corrected chi connectivity index (χ1v) is 10.4. The average molecular weight is 458 g/mol. The van der Waals surface area contributed by atoms with E-state index in [9.17, 15) is 4.79 Å². The first-order chi connectivity index (χ1) is 14.9. The number of halogens is 2. The lowest BCUT2D eigenvalue weighted by atomic mass is 9.89. The maximum absolute atomic E-state index is 13.2. The Morgan fingerprint density at radius 1 is 0.871 bits per heavy atom. The van der Waals surface area contributed by atoms with Crippen LogP contribution in [0.4, 0.5) is 5.69 Å². The molecule has 1 amide bonds. The van der Waals surface area contributed by atoms with Crippen molar-refractivity contribution in [2.45, 2.75) is 19.1 Å². The smallest absolute Gasteiger partial charge is 0.271 e. The van der Waals surface area contributed by atoms with Crippen LogP contribution in [-0.4, -0.2) is 26.2 Å². The molecule has 1 fully saturated rings. The van der Waals surface area contributed by atoms with E-state index in [1.54, 1.807) is 49.5 Å². The average Bonchev–Trinajstić information content (AvgIpc) is 2.78. The van der Waals surface area contributed by atoms with Crippen LogP contribution in [0.3, 0.4) is 0 Å². The number of carbonyl (C=O) groups is 1. The normalized spacial score (nSPS) is 17.8. The lowest BCUT2D eigenvalue weighted by molar-refractivity contribution is -0.135. The van der Waals surface area contributed by atoms with Gasteiger partial charge in [0.1, 0.15) is 11.8 Å². The fourth-order valence-electron chi connectivity index (χ4n) is 3.62. The first kappa shape index (κ1) is 21.3. The molecule has 1 heterocycles. The molecule has 160 valence electrons. The van der Waals surface area contributed by atoms with Gasteiger partial charge < -0.3 is 14.2 Å². The highest BCUT2D eigenvalue weighted by atomic mass is 35.5. The molecule has 0 spiro atoms. The molecule has 0 N–H and O–H groups in total. The molecule has 0 aromatic heterocycles. The van der Waals surface area contributed by atoms with Gasteiger partial charge in [-0.25, -0.2) is 0 Å². The predicted octanol–water partition coefficient (Wildman–Crippen LogP) is 5.85. The molecule has 4 rings (SSSR count). The van der Waals surface area contributed by atoms with Crippen LogP contribution in [0.5, 0.6) is 17.2 Å². The second-order valence-electron chi connectivity index (χ2n) is 7.19. The molecule has 31 heavy (non-hydrogen) atoms. The molecule has 0 radical (unpaired) electrons. The van der Waals surface area contributed by atoms with Gasteiger partial charge in [0.25, 0.3) is 5.91 Å². The number of hydrogen-bond donors (Lipinski definition) is 0. The van der Waals surface area contributed by atoms with Crippen LogP contribution >= 0.6 is 23.2 Å². The second kappa shape index (κ2) is 8.69. The van der Waals surface area contributed by atoms with E-state index in [1.165, 1.54) is 0 Å². The van der Waals surface area contributed by atoms with Gasteiger partial charge in [-0.3, -0.25) is 9.69 Å². The van der Waals surface area contributed by atoms with Crippen molar-refractivity contribution in [1.29, 1.82) is 0 Å². The molecule has 3 aromatic carbocycles. The van der Waals surface area contributed by atoms with Gasteiger partial charge in [-0.05, 0) is 66.6 Å². The number of β-lactam (4-membered cyclic amide) rings is 1. The molecule has 1 aliphatic heterocycles. The molecule has 0 unspecified atom stereocenters. The van der Waals surface area contributed by atoms with Crippen molar-refractivity contribution in [3.63, 3.8) is 0 Å². The molecule has 1 aliphatic rings. The van der Waals surface area contributed by atoms with E-state index in [-0.39, 0.29) is 11.9 Å². The lowest BCUT2D eigenvalue weighted by Crippen LogP contribution is -2.61. The molecule has 0 aliphatic carbocycles. The fraction of sp³-hybridized carbons (Fsp3) is 0.208. The van der Waals surface area contributed by atoms with Gasteiger partial charge in [0.15, 0.2) is 11.5 Å². The van der Waals surface area contributed by atoms with Crippen molar-refractivity contribution in [2.75, 3.05) is 19.1 Å². The standard InChI is InChI=1S/C24H21Cl2NO4/c1-14-4-8-17(13-19(14)26)27-22(15-5-11-20(29-2)21(12-15)30-3)23(24(27)28)31-18-9-6-16(25)7-10-18/h4-13,22-23H,1-3H3/t22-,23+/m0/s1. The fourth-order valence-corrected chi connectivity index (χ4v) is 3.92. The van der Waals surface area contributed by atoms with E-state index < -0.39 is 6.10 Å². The minimum Gasteiger partial charge on any atom is -0.493 e. The Morgan fingerprint density at radius 3 is 2.23 bits per heavy atom. The Bertz CT molecular complexity index is 1120. The third kappa shape index (κ3) is 4.03. The number of benzene rings is 3. The van der Waals surface area contributed by atoms with Crippen molar-refractivity contribution in [2.24, 2.45) is 0 Å². The van der Waals surface area contributed by atoms with Gasteiger partial charge in [0.2, 0.25) is 6.10 Å². The first-order valence-electron chi connectivity index (χ1n) is 9.66. The molecular formula is C24H21Cl2NO4. The van der Waals surface area contributed by atoms with Crippen LogP contribution in [0.1, 0.15) is 17.2 Å². The Hall–Kier alpha value is -2.89. The van der Waals surface area contributed by atoms with Crippen molar-refractivity contribution in [3.8, 4) is 17.2 Å². The minimum atomic E-state index is -0.709. The maximum Gasteiger partial charge on any atom is 0.271 e. The SMILES string of the molecule is COc1ccc([C@H]2[C@@H](Oc3ccc(Cl)cc3)C(=O)N2c2ccc(C)c(Cl)c2)cc1OC. The number of hydrogen-bond acceptors (Lipinski definition) is 4. The van der Waals surface area contributed by atoms with Crippen LogP contribution in [0.2, 0.25) is 10.0 Å². The third-order valence-electron chi connectivity index (χ3n) is 5.31. The van der Waals surface area contributed by atoms with Gasteiger partial charge in [0.05, 0.1) is 14.2 Å². The Labute approximate surface area is 191 Å². The summed E-state index contributed by atoms with van der Waals surface area (Å²) in [6.07, 6.45) is -0.709. The van der Waals surface area contributed by atoms with E-state index in [0.29, 0.717) is 33.0 Å². The van der Waals surface area contributed by atoms with E-state index >= 15 is 0 Å². The summed E-state index contributed by atoms with van der Waals surface area (Å²) < 4.78 is 16.9. The summed E-state index contributed by atoms with van der Waals surface area (Å²) in [4.78, 5) is 14.9. The monoisotopic (exact) mass is 457 g/mol. The molecule has 1 saturated heterocycles. The van der Waals surface area contributed by atoms with Gasteiger partial charge in [0, 0.05) is 15.7 Å². The molecule has 3 aromatic rings. The third-order valence-corrected chi connectivity index (χ3v) is 5.96. The number of amides is 1. The molecule has 5 nitrogen and oxygen atoms in total. The lowest BCUT2D eigenvalue weighted by Gasteiger charge is -2.46. The number of nitrogens with zero attached hydrogens (tertiary/aromatic N) is 1. The van der Waals surface area contributed by atoms with Crippen molar-refractivity contribution in [1.82, 2.24) is 0 Å². The molecule has 0 bridgehead atoms. The summed E-state index contributed by atoms with van der Waals surface area (Å²) in [5, 5.41) is 1.19. The molecule has 0 saturated carbocycles. The van der Waals surface area contributed by atoms with Gasteiger partial charge in [-0.15, -0.1) is 0 Å². The Kier molecular flexibility index (Phi) is 5.99. The number of carbonyl (C=O) groups excluding carboxylic acids is 1. The Morgan fingerprint density at radius 2 is 1.58 bits per heavy atom. The van der Waals surface area contributed by atoms with E-state index in [0.717, 1.165) is 11.1 Å². The quantitative estimate of drug-likeness (QED) is 0.435. The number of rotatable bonds is 6. The summed E-state index contributed by atoms with van der Waals surface area (Å²) >= 11 is 12.3. The summed E-state index contributed by atoms with van der Waals surface area (Å²) in [6.45, 7) is 1.92. The Balaban J connectivity index is 1.74. The van der Waals surface area contributed by atoms with Crippen LogP contribution in [0.25, 0.3) is 0 Å².